The van der Waals surface area contributed by atoms with Crippen LogP contribution in [0.25, 0.3) is 0 Å². The van der Waals surface area contributed by atoms with Crippen LogP contribution >= 0.6 is 0 Å². The zero-order valence-electron chi connectivity index (χ0n) is 11.7. The standard InChI is InChI=1S/C16H22F2O/c1-3-11-5-7-12(8-6-11)13-9-10-14(19-4-2)16(18)15(13)17/h9-12H,3-8H2,1-2H3. The predicted molar refractivity (Wildman–Crippen MR) is 72.5 cm³/mol. The molecule has 0 radical (unpaired) electrons. The van der Waals surface area contributed by atoms with E-state index in [9.17, 15) is 8.78 Å². The van der Waals surface area contributed by atoms with Crippen LogP contribution in [0.3, 0.4) is 0 Å². The molecule has 1 aliphatic carbocycles. The fourth-order valence-corrected chi connectivity index (χ4v) is 3.01. The molecule has 1 aliphatic rings. The molecule has 106 valence electrons. The summed E-state index contributed by atoms with van der Waals surface area (Å²) in [5.41, 5.74) is 0.524. The van der Waals surface area contributed by atoms with Crippen LogP contribution < -0.4 is 4.74 Å². The van der Waals surface area contributed by atoms with Crippen LogP contribution in [0.15, 0.2) is 12.1 Å². The van der Waals surface area contributed by atoms with Crippen molar-refractivity contribution in [3.05, 3.63) is 29.3 Å². The van der Waals surface area contributed by atoms with Crippen LogP contribution in [-0.4, -0.2) is 6.61 Å². The summed E-state index contributed by atoms with van der Waals surface area (Å²) in [6.07, 6.45) is 5.35. The third kappa shape index (κ3) is 3.07. The molecule has 0 amide bonds. The van der Waals surface area contributed by atoms with E-state index in [0.29, 0.717) is 12.2 Å². The topological polar surface area (TPSA) is 9.23 Å². The quantitative estimate of drug-likeness (QED) is 0.742. The van der Waals surface area contributed by atoms with E-state index in [1.807, 2.05) is 0 Å². The SMILES string of the molecule is CCOc1ccc(C2CCC(CC)CC2)c(F)c1F. The highest BCUT2D eigenvalue weighted by Crippen LogP contribution is 2.39. The van der Waals surface area contributed by atoms with E-state index in [0.717, 1.165) is 31.6 Å². The molecule has 0 unspecified atom stereocenters. The van der Waals surface area contributed by atoms with Gasteiger partial charge in [-0.25, -0.2) is 4.39 Å². The van der Waals surface area contributed by atoms with Gasteiger partial charge in [0, 0.05) is 0 Å². The molecule has 0 bridgehead atoms. The molecule has 0 N–H and O–H groups in total. The van der Waals surface area contributed by atoms with Crippen molar-refractivity contribution in [2.75, 3.05) is 6.61 Å². The van der Waals surface area contributed by atoms with Crippen LogP contribution in [0.5, 0.6) is 5.75 Å². The Kier molecular flexibility index (Phi) is 4.78. The van der Waals surface area contributed by atoms with E-state index < -0.39 is 11.6 Å². The van der Waals surface area contributed by atoms with E-state index in [1.165, 1.54) is 6.42 Å². The lowest BCUT2D eigenvalue weighted by Crippen LogP contribution is -2.14. The monoisotopic (exact) mass is 268 g/mol. The van der Waals surface area contributed by atoms with Crippen molar-refractivity contribution < 1.29 is 13.5 Å². The Hall–Kier alpha value is -1.12. The Morgan fingerprint density at radius 3 is 2.32 bits per heavy atom. The Labute approximate surface area is 114 Å². The average molecular weight is 268 g/mol. The summed E-state index contributed by atoms with van der Waals surface area (Å²) in [5, 5.41) is 0. The van der Waals surface area contributed by atoms with E-state index in [1.54, 1.807) is 19.1 Å². The fourth-order valence-electron chi connectivity index (χ4n) is 3.01. The summed E-state index contributed by atoms with van der Waals surface area (Å²) >= 11 is 0. The second kappa shape index (κ2) is 6.36. The van der Waals surface area contributed by atoms with Crippen molar-refractivity contribution in [2.24, 2.45) is 5.92 Å². The molecule has 0 aliphatic heterocycles. The zero-order valence-corrected chi connectivity index (χ0v) is 11.7. The maximum Gasteiger partial charge on any atom is 0.200 e. The second-order valence-electron chi connectivity index (χ2n) is 5.34. The Bertz CT molecular complexity index is 423. The lowest BCUT2D eigenvalue weighted by Gasteiger charge is -2.28. The first kappa shape index (κ1) is 14.3. The van der Waals surface area contributed by atoms with Gasteiger partial charge in [0.1, 0.15) is 0 Å². The molecule has 1 fully saturated rings. The first-order chi connectivity index (χ1) is 9.17. The first-order valence-corrected chi connectivity index (χ1v) is 7.28. The summed E-state index contributed by atoms with van der Waals surface area (Å²) in [6, 6.07) is 3.25. The van der Waals surface area contributed by atoms with Crippen molar-refractivity contribution >= 4 is 0 Å². The molecule has 19 heavy (non-hydrogen) atoms. The molecular formula is C16H22F2O. The highest BCUT2D eigenvalue weighted by molar-refractivity contribution is 5.33. The Morgan fingerprint density at radius 1 is 1.05 bits per heavy atom. The minimum atomic E-state index is -0.836. The number of halogens is 2. The Balaban J connectivity index is 2.15. The number of rotatable bonds is 4. The smallest absolute Gasteiger partial charge is 0.200 e. The molecule has 0 saturated heterocycles. The summed E-state index contributed by atoms with van der Waals surface area (Å²) in [5.74, 6) is -0.617. The van der Waals surface area contributed by atoms with E-state index in [2.05, 4.69) is 6.92 Å². The summed E-state index contributed by atoms with van der Waals surface area (Å²) in [7, 11) is 0. The van der Waals surface area contributed by atoms with Crippen molar-refractivity contribution in [3.63, 3.8) is 0 Å². The van der Waals surface area contributed by atoms with Crippen LogP contribution in [0.2, 0.25) is 0 Å². The molecule has 0 aromatic heterocycles. The van der Waals surface area contributed by atoms with Crippen LogP contribution in [0, 0.1) is 17.6 Å². The molecule has 0 atom stereocenters. The van der Waals surface area contributed by atoms with Gasteiger partial charge in [0.05, 0.1) is 6.61 Å². The zero-order chi connectivity index (χ0) is 13.8. The van der Waals surface area contributed by atoms with E-state index in [4.69, 9.17) is 4.74 Å². The minimum Gasteiger partial charge on any atom is -0.491 e. The molecule has 1 aromatic rings. The van der Waals surface area contributed by atoms with Gasteiger partial charge in [-0.05, 0) is 56.1 Å². The number of hydrogen-bond donors (Lipinski definition) is 0. The van der Waals surface area contributed by atoms with Gasteiger partial charge in [-0.1, -0.05) is 19.4 Å². The van der Waals surface area contributed by atoms with Crippen LogP contribution in [0.1, 0.15) is 57.4 Å². The van der Waals surface area contributed by atoms with Gasteiger partial charge in [-0.15, -0.1) is 0 Å². The maximum atomic E-state index is 14.1. The van der Waals surface area contributed by atoms with Crippen molar-refractivity contribution in [1.82, 2.24) is 0 Å². The third-order valence-electron chi connectivity index (χ3n) is 4.24. The van der Waals surface area contributed by atoms with E-state index in [-0.39, 0.29) is 11.7 Å². The predicted octanol–water partition coefficient (Wildman–Crippen LogP) is 5.05. The fraction of sp³-hybridized carbons (Fsp3) is 0.625. The number of hydrogen-bond acceptors (Lipinski definition) is 1. The van der Waals surface area contributed by atoms with Gasteiger partial charge in [0.25, 0.3) is 0 Å². The molecule has 3 heteroatoms. The molecule has 1 saturated carbocycles. The third-order valence-corrected chi connectivity index (χ3v) is 4.24. The lowest BCUT2D eigenvalue weighted by molar-refractivity contribution is 0.301. The van der Waals surface area contributed by atoms with Crippen molar-refractivity contribution in [2.45, 2.75) is 51.9 Å². The minimum absolute atomic E-state index is 0.0194. The highest BCUT2D eigenvalue weighted by atomic mass is 19.2. The van der Waals surface area contributed by atoms with Gasteiger partial charge >= 0.3 is 0 Å². The molecule has 1 nitrogen and oxygen atoms in total. The summed E-state index contributed by atoms with van der Waals surface area (Å²) in [4.78, 5) is 0. The van der Waals surface area contributed by atoms with E-state index >= 15 is 0 Å². The number of ether oxygens (including phenoxy) is 1. The molecular weight excluding hydrogens is 246 g/mol. The van der Waals surface area contributed by atoms with Crippen LogP contribution in [-0.2, 0) is 0 Å². The normalized spacial score (nSPS) is 23.4. The average Bonchev–Trinajstić information content (AvgIpc) is 2.45. The van der Waals surface area contributed by atoms with Gasteiger partial charge in [-0.2, -0.15) is 4.39 Å². The maximum absolute atomic E-state index is 14.1. The summed E-state index contributed by atoms with van der Waals surface area (Å²) < 4.78 is 33.0. The molecule has 2 rings (SSSR count). The van der Waals surface area contributed by atoms with Crippen molar-refractivity contribution in [1.29, 1.82) is 0 Å². The largest absolute Gasteiger partial charge is 0.491 e. The van der Waals surface area contributed by atoms with Crippen LogP contribution in [0.4, 0.5) is 8.78 Å². The lowest BCUT2D eigenvalue weighted by atomic mass is 9.77. The summed E-state index contributed by atoms with van der Waals surface area (Å²) in [6.45, 7) is 4.30. The Morgan fingerprint density at radius 2 is 1.74 bits per heavy atom. The van der Waals surface area contributed by atoms with Gasteiger partial charge in [0.15, 0.2) is 11.6 Å². The van der Waals surface area contributed by atoms with Gasteiger partial charge in [0.2, 0.25) is 5.82 Å². The highest BCUT2D eigenvalue weighted by Gasteiger charge is 2.25. The molecule has 1 aromatic carbocycles. The molecule has 0 heterocycles. The first-order valence-electron chi connectivity index (χ1n) is 7.28. The van der Waals surface area contributed by atoms with Gasteiger partial charge in [-0.3, -0.25) is 0 Å². The van der Waals surface area contributed by atoms with Crippen molar-refractivity contribution in [3.8, 4) is 5.75 Å². The van der Waals surface area contributed by atoms with Gasteiger partial charge < -0.3 is 4.74 Å². The number of benzene rings is 1. The molecule has 0 spiro atoms. The second-order valence-corrected chi connectivity index (χ2v) is 5.34.